The fraction of sp³-hybridized carbons (Fsp3) is 0.613. The topological polar surface area (TPSA) is 110 Å². The van der Waals surface area contributed by atoms with Crippen molar-refractivity contribution in [3.8, 4) is 11.5 Å². The average molecular weight is 635 g/mol. The zero-order valence-electron chi connectivity index (χ0n) is 25.0. The van der Waals surface area contributed by atoms with Crippen LogP contribution in [0.2, 0.25) is 0 Å². The van der Waals surface area contributed by atoms with Crippen LogP contribution in [-0.2, 0) is 14.9 Å². The molecule has 0 radical (unpaired) electrons. The Morgan fingerprint density at radius 1 is 1.11 bits per heavy atom. The van der Waals surface area contributed by atoms with Crippen molar-refractivity contribution in [1.82, 2.24) is 18.9 Å². The summed E-state index contributed by atoms with van der Waals surface area (Å²) in [6, 6.07) is 5.60. The van der Waals surface area contributed by atoms with Crippen molar-refractivity contribution < 1.29 is 36.2 Å². The van der Waals surface area contributed by atoms with Gasteiger partial charge in [-0.2, -0.15) is 17.1 Å². The average Bonchev–Trinajstić information content (AvgIpc) is 3.65. The molecule has 10 nitrogen and oxygen atoms in total. The van der Waals surface area contributed by atoms with Gasteiger partial charge in [0.2, 0.25) is 5.82 Å². The molecule has 44 heavy (non-hydrogen) atoms. The maximum atomic E-state index is 15.0. The van der Waals surface area contributed by atoms with E-state index < -0.39 is 45.2 Å². The lowest BCUT2D eigenvalue weighted by Gasteiger charge is -2.57. The van der Waals surface area contributed by atoms with Gasteiger partial charge >= 0.3 is 10.2 Å². The molecule has 3 heterocycles. The van der Waals surface area contributed by atoms with Gasteiger partial charge < -0.3 is 19.1 Å². The lowest BCUT2D eigenvalue weighted by atomic mass is 9.63. The van der Waals surface area contributed by atoms with Crippen LogP contribution >= 0.6 is 0 Å². The number of hydrogen-bond donors (Lipinski definition) is 1. The molecular formula is C31H40F2N4O6S. The first-order valence-corrected chi connectivity index (χ1v) is 17.0. The summed E-state index contributed by atoms with van der Waals surface area (Å²) in [6.07, 6.45) is 7.76. The fourth-order valence-corrected chi connectivity index (χ4v) is 7.58. The number of carbonyl (C=O) groups is 1. The minimum absolute atomic E-state index is 0.114. The Bertz CT molecular complexity index is 1440. The maximum absolute atomic E-state index is 15.0. The summed E-state index contributed by atoms with van der Waals surface area (Å²) in [5, 5.41) is 0. The van der Waals surface area contributed by atoms with Crippen LogP contribution < -0.4 is 14.2 Å². The van der Waals surface area contributed by atoms with E-state index in [0.717, 1.165) is 48.9 Å². The third-order valence-corrected chi connectivity index (χ3v) is 10.5. The Labute approximate surface area is 257 Å². The number of ether oxygens (including phenoxy) is 3. The van der Waals surface area contributed by atoms with E-state index in [1.54, 1.807) is 18.3 Å². The summed E-state index contributed by atoms with van der Waals surface area (Å²) in [6.45, 7) is 6.80. The summed E-state index contributed by atoms with van der Waals surface area (Å²) >= 11 is 0. The number of halogens is 2. The molecule has 4 aliphatic rings. The minimum Gasteiger partial charge on any atom is -0.492 e. The van der Waals surface area contributed by atoms with Gasteiger partial charge in [-0.15, -0.1) is 0 Å². The molecule has 13 heteroatoms. The molecule has 1 spiro atoms. The van der Waals surface area contributed by atoms with E-state index in [1.165, 1.54) is 25.7 Å². The molecule has 2 aromatic rings. The van der Waals surface area contributed by atoms with Gasteiger partial charge in [-0.1, -0.05) is 6.92 Å². The number of amides is 1. The number of likely N-dealkylation sites (tertiary alicyclic amines) is 1. The number of pyridine rings is 1. The largest absolute Gasteiger partial charge is 0.492 e. The monoisotopic (exact) mass is 634 g/mol. The Hall–Kier alpha value is -2.87. The lowest BCUT2D eigenvalue weighted by Crippen LogP contribution is -2.67. The van der Waals surface area contributed by atoms with Crippen LogP contribution in [0.4, 0.5) is 8.78 Å². The number of nitrogens with zero attached hydrogens (tertiary/aromatic N) is 3. The van der Waals surface area contributed by atoms with Gasteiger partial charge in [-0.05, 0) is 88.2 Å². The van der Waals surface area contributed by atoms with Gasteiger partial charge in [-0.3, -0.25) is 9.78 Å². The SMILES string of the molecule is CC[C@@H](Oc1ccc(C(=O)NS(=O)(=O)N2CC3(CC(OCCN4CCCC4)C3)C2)c(F)c1F)c1ccc(OCC2CC2)cn1. The van der Waals surface area contributed by atoms with Crippen LogP contribution in [0.3, 0.4) is 0 Å². The first-order valence-electron chi connectivity index (χ1n) is 15.5. The third-order valence-electron chi connectivity index (χ3n) is 9.07. The molecule has 0 unspecified atom stereocenters. The molecule has 0 bridgehead atoms. The Morgan fingerprint density at radius 3 is 2.52 bits per heavy atom. The molecule has 4 fully saturated rings. The molecule has 6 rings (SSSR count). The Kier molecular flexibility index (Phi) is 9.10. The second-order valence-electron chi connectivity index (χ2n) is 12.6. The molecular weight excluding hydrogens is 594 g/mol. The zero-order chi connectivity index (χ0) is 30.9. The van der Waals surface area contributed by atoms with E-state index >= 15 is 8.78 Å². The predicted octanol–water partition coefficient (Wildman–Crippen LogP) is 4.23. The summed E-state index contributed by atoms with van der Waals surface area (Å²) < 4.78 is 76.1. The van der Waals surface area contributed by atoms with Crippen molar-refractivity contribution in [2.45, 2.75) is 64.1 Å². The molecule has 2 aliphatic heterocycles. The van der Waals surface area contributed by atoms with Crippen LogP contribution in [0.5, 0.6) is 11.5 Å². The number of benzene rings is 1. The summed E-state index contributed by atoms with van der Waals surface area (Å²) in [4.78, 5) is 19.5. The first kappa shape index (κ1) is 31.1. The third kappa shape index (κ3) is 7.00. The van der Waals surface area contributed by atoms with Gasteiger partial charge in [0.1, 0.15) is 11.9 Å². The highest BCUT2D eigenvalue weighted by Crippen LogP contribution is 2.50. The van der Waals surface area contributed by atoms with E-state index in [4.69, 9.17) is 14.2 Å². The van der Waals surface area contributed by atoms with Crippen molar-refractivity contribution >= 4 is 16.1 Å². The highest BCUT2D eigenvalue weighted by Gasteiger charge is 2.56. The van der Waals surface area contributed by atoms with Crippen molar-refractivity contribution in [1.29, 1.82) is 0 Å². The normalized spacial score (nSPS) is 21.1. The number of rotatable bonds is 14. The second-order valence-corrected chi connectivity index (χ2v) is 14.3. The van der Waals surface area contributed by atoms with E-state index in [2.05, 4.69) is 9.88 Å². The number of carbonyl (C=O) groups excluding carboxylic acids is 1. The first-order chi connectivity index (χ1) is 21.1. The molecule has 240 valence electrons. The van der Waals surface area contributed by atoms with Crippen molar-refractivity contribution in [2.75, 3.05) is 45.9 Å². The highest BCUT2D eigenvalue weighted by molar-refractivity contribution is 7.87. The van der Waals surface area contributed by atoms with Crippen LogP contribution in [0, 0.1) is 23.0 Å². The molecule has 1 aromatic heterocycles. The fourth-order valence-electron chi connectivity index (χ4n) is 6.22. The summed E-state index contributed by atoms with van der Waals surface area (Å²) in [7, 11) is -4.22. The van der Waals surface area contributed by atoms with E-state index in [-0.39, 0.29) is 24.6 Å². The predicted molar refractivity (Wildman–Crippen MR) is 158 cm³/mol. The van der Waals surface area contributed by atoms with Gasteiger partial charge in [0.05, 0.1) is 36.8 Å². The molecule has 2 aliphatic carbocycles. The van der Waals surface area contributed by atoms with Crippen LogP contribution in [-0.4, -0.2) is 80.6 Å². The van der Waals surface area contributed by atoms with Crippen LogP contribution in [0.15, 0.2) is 30.5 Å². The minimum atomic E-state index is -4.22. The molecule has 1 aromatic carbocycles. The molecule has 1 amide bonds. The molecule has 2 saturated carbocycles. The zero-order valence-corrected chi connectivity index (χ0v) is 25.8. The van der Waals surface area contributed by atoms with Gasteiger partial charge in [0, 0.05) is 25.0 Å². The van der Waals surface area contributed by atoms with E-state index in [9.17, 15) is 13.2 Å². The van der Waals surface area contributed by atoms with Crippen molar-refractivity contribution in [3.05, 3.63) is 53.4 Å². The smallest absolute Gasteiger partial charge is 0.304 e. The van der Waals surface area contributed by atoms with Crippen molar-refractivity contribution in [2.24, 2.45) is 11.3 Å². The van der Waals surface area contributed by atoms with Gasteiger partial charge in [0.25, 0.3) is 5.91 Å². The van der Waals surface area contributed by atoms with Gasteiger partial charge in [-0.25, -0.2) is 9.11 Å². The van der Waals surface area contributed by atoms with E-state index in [0.29, 0.717) is 37.0 Å². The summed E-state index contributed by atoms with van der Waals surface area (Å²) in [5.74, 6) is -3.30. The Morgan fingerprint density at radius 2 is 1.86 bits per heavy atom. The summed E-state index contributed by atoms with van der Waals surface area (Å²) in [5.41, 5.74) is -0.369. The van der Waals surface area contributed by atoms with Gasteiger partial charge in [0.15, 0.2) is 11.6 Å². The standard InChI is InChI=1S/C31H40F2N4O6S/c1-2-26(25-9-7-22(17-34-25)42-18-21-5-6-21)43-27-10-8-24(28(32)29(27)33)30(38)35-44(39,40)37-19-31(20-37)15-23(16-31)41-14-13-36-11-3-4-12-36/h7-10,17,21,23,26H,2-6,11-16,18-20H2,1H3,(H,35,38)/t26-/m1/s1. The molecule has 1 atom stereocenters. The van der Waals surface area contributed by atoms with Crippen LogP contribution in [0.25, 0.3) is 0 Å². The molecule has 2 saturated heterocycles. The quantitative estimate of drug-likeness (QED) is 0.329. The van der Waals surface area contributed by atoms with Crippen molar-refractivity contribution in [3.63, 3.8) is 0 Å². The van der Waals surface area contributed by atoms with E-state index in [1.807, 2.05) is 11.6 Å². The Balaban J connectivity index is 0.991. The van der Waals surface area contributed by atoms with Crippen LogP contribution in [0.1, 0.15) is 74.0 Å². The second kappa shape index (κ2) is 12.9. The highest BCUT2D eigenvalue weighted by atomic mass is 32.2. The lowest BCUT2D eigenvalue weighted by molar-refractivity contribution is -0.130. The number of nitrogens with one attached hydrogen (secondary N) is 1. The number of aromatic nitrogens is 1. The maximum Gasteiger partial charge on any atom is 0.304 e. The number of hydrogen-bond acceptors (Lipinski definition) is 8. The molecule has 1 N–H and O–H groups in total.